The minimum atomic E-state index is 0.385. The summed E-state index contributed by atoms with van der Waals surface area (Å²) < 4.78 is 0. The van der Waals surface area contributed by atoms with Crippen LogP contribution in [0.1, 0.15) is 12.5 Å². The standard InChI is InChI=1S/C12H15BrN2S/c1-8-5-3-4-6-10(8)15-12-14-9(2)11(7-13)16-12/h3-6,9,11H,7H2,1-2H3,(H,14,15). The third kappa shape index (κ3) is 2.61. The van der Waals surface area contributed by atoms with Crippen molar-refractivity contribution in [3.8, 4) is 0 Å². The molecule has 1 aliphatic heterocycles. The molecule has 2 nitrogen and oxygen atoms in total. The summed E-state index contributed by atoms with van der Waals surface area (Å²) in [5.41, 5.74) is 2.40. The number of aliphatic imine (C=N–C) groups is 1. The van der Waals surface area contributed by atoms with Crippen LogP contribution in [-0.2, 0) is 0 Å². The Morgan fingerprint density at radius 2 is 2.19 bits per heavy atom. The lowest BCUT2D eigenvalue weighted by molar-refractivity contribution is 0.758. The van der Waals surface area contributed by atoms with E-state index in [1.54, 1.807) is 0 Å². The van der Waals surface area contributed by atoms with Crippen LogP contribution in [0, 0.1) is 6.92 Å². The topological polar surface area (TPSA) is 24.4 Å². The first-order valence-corrected chi connectivity index (χ1v) is 7.34. The van der Waals surface area contributed by atoms with E-state index in [1.807, 2.05) is 23.9 Å². The molecule has 0 radical (unpaired) electrons. The van der Waals surface area contributed by atoms with Gasteiger partial charge < -0.3 is 5.32 Å². The van der Waals surface area contributed by atoms with Crippen LogP contribution in [0.15, 0.2) is 29.3 Å². The van der Waals surface area contributed by atoms with E-state index in [0.717, 1.165) is 16.2 Å². The van der Waals surface area contributed by atoms with E-state index in [4.69, 9.17) is 0 Å². The minimum Gasteiger partial charge on any atom is -0.335 e. The predicted molar refractivity (Wildman–Crippen MR) is 76.9 cm³/mol. The van der Waals surface area contributed by atoms with Gasteiger partial charge in [0, 0.05) is 16.3 Å². The quantitative estimate of drug-likeness (QED) is 0.843. The zero-order valence-corrected chi connectivity index (χ0v) is 11.8. The van der Waals surface area contributed by atoms with Gasteiger partial charge in [-0.1, -0.05) is 45.9 Å². The number of nitrogens with zero attached hydrogens (tertiary/aromatic N) is 1. The number of hydrogen-bond donors (Lipinski definition) is 1. The van der Waals surface area contributed by atoms with Crippen LogP contribution in [-0.4, -0.2) is 21.8 Å². The normalized spacial score (nSPS) is 24.3. The number of alkyl halides is 1. The lowest BCUT2D eigenvalue weighted by Crippen LogP contribution is -2.14. The molecule has 2 rings (SSSR count). The van der Waals surface area contributed by atoms with E-state index in [2.05, 4.69) is 52.2 Å². The fourth-order valence-corrected chi connectivity index (χ4v) is 3.53. The van der Waals surface area contributed by atoms with E-state index in [0.29, 0.717) is 11.3 Å². The largest absolute Gasteiger partial charge is 0.335 e. The molecule has 1 heterocycles. The molecule has 0 bridgehead atoms. The Morgan fingerprint density at radius 3 is 2.81 bits per heavy atom. The molecule has 2 unspecified atom stereocenters. The number of hydrogen-bond acceptors (Lipinski definition) is 3. The number of anilines is 1. The number of thioether (sulfide) groups is 1. The van der Waals surface area contributed by atoms with Crippen molar-refractivity contribution in [2.75, 3.05) is 10.6 Å². The van der Waals surface area contributed by atoms with Crippen molar-refractivity contribution in [2.24, 2.45) is 4.99 Å². The van der Waals surface area contributed by atoms with Crippen molar-refractivity contribution in [1.82, 2.24) is 0 Å². The van der Waals surface area contributed by atoms with Gasteiger partial charge in [0.1, 0.15) is 0 Å². The summed E-state index contributed by atoms with van der Waals surface area (Å²) in [6.07, 6.45) is 0. The van der Waals surface area contributed by atoms with Crippen molar-refractivity contribution in [3.63, 3.8) is 0 Å². The van der Waals surface area contributed by atoms with Crippen molar-refractivity contribution in [3.05, 3.63) is 29.8 Å². The van der Waals surface area contributed by atoms with Gasteiger partial charge in [-0.25, -0.2) is 0 Å². The highest BCUT2D eigenvalue weighted by atomic mass is 79.9. The molecule has 0 saturated carbocycles. The van der Waals surface area contributed by atoms with Crippen LogP contribution in [0.2, 0.25) is 0 Å². The van der Waals surface area contributed by atoms with Crippen molar-refractivity contribution in [2.45, 2.75) is 25.1 Å². The summed E-state index contributed by atoms with van der Waals surface area (Å²) in [5.74, 6) is 0. The summed E-state index contributed by atoms with van der Waals surface area (Å²) in [6.45, 7) is 4.26. The Kier molecular flexibility index (Phi) is 3.92. The molecule has 86 valence electrons. The molecular formula is C12H15BrN2S. The molecular weight excluding hydrogens is 284 g/mol. The second-order valence-electron chi connectivity index (χ2n) is 3.93. The van der Waals surface area contributed by atoms with E-state index in [-0.39, 0.29) is 0 Å². The number of para-hydroxylation sites is 1. The number of aryl methyl sites for hydroxylation is 1. The molecule has 2 atom stereocenters. The molecule has 0 amide bonds. The SMILES string of the molecule is Cc1ccccc1NC1=NC(C)C(CBr)S1. The molecule has 1 N–H and O–H groups in total. The van der Waals surface area contributed by atoms with Crippen LogP contribution in [0.3, 0.4) is 0 Å². The summed E-state index contributed by atoms with van der Waals surface area (Å²) in [6, 6.07) is 8.67. The molecule has 0 saturated heterocycles. The maximum Gasteiger partial charge on any atom is 0.161 e. The van der Waals surface area contributed by atoms with Crippen molar-refractivity contribution < 1.29 is 0 Å². The lowest BCUT2D eigenvalue weighted by atomic mass is 10.2. The Hall–Kier alpha value is -0.480. The first kappa shape index (κ1) is 12.0. The summed E-state index contributed by atoms with van der Waals surface area (Å²) in [4.78, 5) is 4.62. The molecule has 0 aliphatic carbocycles. The van der Waals surface area contributed by atoms with E-state index in [1.165, 1.54) is 5.56 Å². The van der Waals surface area contributed by atoms with Crippen LogP contribution in [0.5, 0.6) is 0 Å². The van der Waals surface area contributed by atoms with Gasteiger partial charge in [-0.3, -0.25) is 4.99 Å². The summed E-state index contributed by atoms with van der Waals surface area (Å²) >= 11 is 5.34. The monoisotopic (exact) mass is 298 g/mol. The lowest BCUT2D eigenvalue weighted by Gasteiger charge is -2.09. The van der Waals surface area contributed by atoms with Gasteiger partial charge in [-0.15, -0.1) is 0 Å². The fourth-order valence-electron chi connectivity index (χ4n) is 1.59. The highest BCUT2D eigenvalue weighted by Gasteiger charge is 2.25. The molecule has 1 aliphatic rings. The highest BCUT2D eigenvalue weighted by molar-refractivity contribution is 9.09. The summed E-state index contributed by atoms with van der Waals surface area (Å²) in [5, 5.41) is 5.96. The Balaban J connectivity index is 2.07. The Morgan fingerprint density at radius 1 is 1.44 bits per heavy atom. The zero-order chi connectivity index (χ0) is 11.5. The van der Waals surface area contributed by atoms with Gasteiger partial charge in [0.25, 0.3) is 0 Å². The van der Waals surface area contributed by atoms with Crippen molar-refractivity contribution in [1.29, 1.82) is 0 Å². The number of rotatable bonds is 2. The third-order valence-electron chi connectivity index (χ3n) is 2.66. The predicted octanol–water partition coefficient (Wildman–Crippen LogP) is 3.66. The van der Waals surface area contributed by atoms with Crippen molar-refractivity contribution >= 4 is 38.5 Å². The molecule has 0 spiro atoms. The zero-order valence-electron chi connectivity index (χ0n) is 9.40. The van der Waals surface area contributed by atoms with Crippen LogP contribution >= 0.6 is 27.7 Å². The van der Waals surface area contributed by atoms with Gasteiger partial charge in [0.2, 0.25) is 0 Å². The fraction of sp³-hybridized carbons (Fsp3) is 0.417. The molecule has 4 heteroatoms. The van der Waals surface area contributed by atoms with Gasteiger partial charge >= 0.3 is 0 Å². The van der Waals surface area contributed by atoms with E-state index in [9.17, 15) is 0 Å². The molecule has 1 aromatic rings. The highest BCUT2D eigenvalue weighted by Crippen LogP contribution is 2.29. The molecule has 0 fully saturated rings. The maximum atomic E-state index is 4.62. The van der Waals surface area contributed by atoms with Crippen LogP contribution in [0.4, 0.5) is 5.69 Å². The van der Waals surface area contributed by atoms with Crippen LogP contribution < -0.4 is 5.32 Å². The first-order chi connectivity index (χ1) is 7.70. The number of benzene rings is 1. The Labute approximate surface area is 109 Å². The average molecular weight is 299 g/mol. The van der Waals surface area contributed by atoms with Gasteiger partial charge in [0.15, 0.2) is 5.17 Å². The van der Waals surface area contributed by atoms with E-state index >= 15 is 0 Å². The van der Waals surface area contributed by atoms with Gasteiger partial charge in [-0.05, 0) is 25.5 Å². The average Bonchev–Trinajstić information content (AvgIpc) is 2.62. The third-order valence-corrected chi connectivity index (χ3v) is 5.08. The smallest absolute Gasteiger partial charge is 0.161 e. The maximum absolute atomic E-state index is 4.62. The number of halogens is 1. The molecule has 0 aromatic heterocycles. The summed E-state index contributed by atoms with van der Waals surface area (Å²) in [7, 11) is 0. The van der Waals surface area contributed by atoms with Gasteiger partial charge in [-0.2, -0.15) is 0 Å². The van der Waals surface area contributed by atoms with E-state index < -0.39 is 0 Å². The minimum absolute atomic E-state index is 0.385. The molecule has 16 heavy (non-hydrogen) atoms. The number of nitrogens with one attached hydrogen (secondary N) is 1. The first-order valence-electron chi connectivity index (χ1n) is 5.34. The molecule has 1 aromatic carbocycles. The number of amidine groups is 1. The Bertz CT molecular complexity index is 406. The van der Waals surface area contributed by atoms with Gasteiger partial charge in [0.05, 0.1) is 6.04 Å². The van der Waals surface area contributed by atoms with Crippen LogP contribution in [0.25, 0.3) is 0 Å². The second-order valence-corrected chi connectivity index (χ2v) is 5.80. The second kappa shape index (κ2) is 5.23.